The monoisotopic (exact) mass is 258 g/mol. The molecule has 0 radical (unpaired) electrons. The number of nitrogens with zero attached hydrogens (tertiary/aromatic N) is 3. The molecule has 0 spiro atoms. The summed E-state index contributed by atoms with van der Waals surface area (Å²) < 4.78 is 15.3. The molecule has 0 aliphatic carbocycles. The van der Waals surface area contributed by atoms with Gasteiger partial charge in [-0.2, -0.15) is 10.4 Å². The molecule has 5 heteroatoms. The van der Waals surface area contributed by atoms with Gasteiger partial charge in [-0.3, -0.25) is 4.68 Å². The van der Waals surface area contributed by atoms with Gasteiger partial charge in [0.05, 0.1) is 18.0 Å². The molecule has 1 aromatic heterocycles. The SMILES string of the molecule is CCCn1cc(C(C#N)Nc2ccccc2F)cn1. The van der Waals surface area contributed by atoms with Crippen molar-refractivity contribution in [3.63, 3.8) is 0 Å². The molecule has 0 aliphatic heterocycles. The van der Waals surface area contributed by atoms with Crippen LogP contribution in [0.15, 0.2) is 36.7 Å². The molecule has 1 atom stereocenters. The molecule has 0 amide bonds. The molecule has 0 aliphatic rings. The summed E-state index contributed by atoms with van der Waals surface area (Å²) in [7, 11) is 0. The average molecular weight is 258 g/mol. The maximum Gasteiger partial charge on any atom is 0.146 e. The lowest BCUT2D eigenvalue weighted by atomic mass is 10.1. The number of hydrogen-bond acceptors (Lipinski definition) is 3. The van der Waals surface area contributed by atoms with Gasteiger partial charge in [0, 0.05) is 18.3 Å². The Hall–Kier alpha value is -2.35. The zero-order valence-electron chi connectivity index (χ0n) is 10.7. The minimum atomic E-state index is -0.609. The van der Waals surface area contributed by atoms with Crippen molar-refractivity contribution in [3.8, 4) is 6.07 Å². The normalized spacial score (nSPS) is 11.8. The summed E-state index contributed by atoms with van der Waals surface area (Å²) in [6.07, 6.45) is 4.42. The highest BCUT2D eigenvalue weighted by Gasteiger charge is 2.14. The largest absolute Gasteiger partial charge is 0.364 e. The Morgan fingerprint density at radius 1 is 1.47 bits per heavy atom. The fraction of sp³-hybridized carbons (Fsp3) is 0.286. The first kappa shape index (κ1) is 13.1. The van der Waals surface area contributed by atoms with E-state index in [0.29, 0.717) is 5.69 Å². The van der Waals surface area contributed by atoms with Crippen LogP contribution in [-0.4, -0.2) is 9.78 Å². The highest BCUT2D eigenvalue weighted by molar-refractivity contribution is 5.48. The van der Waals surface area contributed by atoms with Crippen molar-refractivity contribution in [2.75, 3.05) is 5.32 Å². The first-order valence-corrected chi connectivity index (χ1v) is 6.17. The summed E-state index contributed by atoms with van der Waals surface area (Å²) in [6.45, 7) is 2.86. The smallest absolute Gasteiger partial charge is 0.146 e. The lowest BCUT2D eigenvalue weighted by Crippen LogP contribution is -2.09. The molecule has 0 saturated heterocycles. The van der Waals surface area contributed by atoms with E-state index in [2.05, 4.69) is 23.4 Å². The number of nitriles is 1. The van der Waals surface area contributed by atoms with Crippen LogP contribution >= 0.6 is 0 Å². The second kappa shape index (κ2) is 6.01. The van der Waals surface area contributed by atoms with E-state index in [-0.39, 0.29) is 5.82 Å². The molecule has 2 rings (SSSR count). The van der Waals surface area contributed by atoms with E-state index in [4.69, 9.17) is 0 Å². The van der Waals surface area contributed by atoms with E-state index in [1.54, 1.807) is 29.1 Å². The molecular formula is C14H15FN4. The van der Waals surface area contributed by atoms with E-state index in [9.17, 15) is 9.65 Å². The summed E-state index contributed by atoms with van der Waals surface area (Å²) in [5.41, 5.74) is 1.05. The molecule has 1 aromatic carbocycles. The van der Waals surface area contributed by atoms with Gasteiger partial charge in [-0.15, -0.1) is 0 Å². The predicted molar refractivity (Wildman–Crippen MR) is 70.9 cm³/mol. The molecule has 98 valence electrons. The van der Waals surface area contributed by atoms with Crippen LogP contribution in [0.5, 0.6) is 0 Å². The zero-order valence-corrected chi connectivity index (χ0v) is 10.7. The highest BCUT2D eigenvalue weighted by Crippen LogP contribution is 2.21. The number of para-hydroxylation sites is 1. The summed E-state index contributed by atoms with van der Waals surface area (Å²) in [5, 5.41) is 16.2. The fourth-order valence-corrected chi connectivity index (χ4v) is 1.80. The van der Waals surface area contributed by atoms with Crippen LogP contribution in [0.2, 0.25) is 0 Å². The number of aryl methyl sites for hydroxylation is 1. The Bertz CT molecular complexity index is 585. The van der Waals surface area contributed by atoms with Gasteiger partial charge in [0.2, 0.25) is 0 Å². The minimum Gasteiger partial charge on any atom is -0.364 e. The van der Waals surface area contributed by atoms with E-state index in [0.717, 1.165) is 18.5 Å². The summed E-state index contributed by atoms with van der Waals surface area (Å²) >= 11 is 0. The average Bonchev–Trinajstić information content (AvgIpc) is 2.87. The standard InChI is InChI=1S/C14H15FN4/c1-2-7-19-10-11(9-17-19)14(8-16)18-13-6-4-3-5-12(13)15/h3-6,9-10,14,18H,2,7H2,1H3. The third kappa shape index (κ3) is 3.10. The lowest BCUT2D eigenvalue weighted by molar-refractivity contribution is 0.602. The molecule has 4 nitrogen and oxygen atoms in total. The molecule has 1 N–H and O–H groups in total. The quantitative estimate of drug-likeness (QED) is 0.896. The Kier molecular flexibility index (Phi) is 4.14. The van der Waals surface area contributed by atoms with E-state index < -0.39 is 6.04 Å². The minimum absolute atomic E-state index is 0.317. The number of nitrogens with one attached hydrogen (secondary N) is 1. The van der Waals surface area contributed by atoms with Crippen molar-refractivity contribution >= 4 is 5.69 Å². The van der Waals surface area contributed by atoms with Crippen molar-refractivity contribution in [1.29, 1.82) is 5.26 Å². The van der Waals surface area contributed by atoms with Crippen LogP contribution in [0.1, 0.15) is 24.9 Å². The topological polar surface area (TPSA) is 53.6 Å². The Morgan fingerprint density at radius 2 is 2.26 bits per heavy atom. The van der Waals surface area contributed by atoms with Crippen LogP contribution in [-0.2, 0) is 6.54 Å². The van der Waals surface area contributed by atoms with Gasteiger partial charge < -0.3 is 5.32 Å². The molecule has 0 saturated carbocycles. The predicted octanol–water partition coefficient (Wildman–Crippen LogP) is 3.11. The third-order valence-corrected chi connectivity index (χ3v) is 2.74. The molecule has 1 heterocycles. The zero-order chi connectivity index (χ0) is 13.7. The van der Waals surface area contributed by atoms with Gasteiger partial charge in [0.25, 0.3) is 0 Å². The van der Waals surface area contributed by atoms with Crippen LogP contribution in [0.3, 0.4) is 0 Å². The van der Waals surface area contributed by atoms with Gasteiger partial charge in [0.1, 0.15) is 11.9 Å². The van der Waals surface area contributed by atoms with Gasteiger partial charge in [-0.05, 0) is 18.6 Å². The first-order valence-electron chi connectivity index (χ1n) is 6.17. The number of rotatable bonds is 5. The van der Waals surface area contributed by atoms with E-state index in [1.165, 1.54) is 6.07 Å². The van der Waals surface area contributed by atoms with Crippen LogP contribution in [0.4, 0.5) is 10.1 Å². The van der Waals surface area contributed by atoms with E-state index >= 15 is 0 Å². The Morgan fingerprint density at radius 3 is 2.95 bits per heavy atom. The highest BCUT2D eigenvalue weighted by atomic mass is 19.1. The van der Waals surface area contributed by atoms with Crippen molar-refractivity contribution < 1.29 is 4.39 Å². The van der Waals surface area contributed by atoms with E-state index in [1.807, 2.05) is 6.20 Å². The number of aromatic nitrogens is 2. The number of benzene rings is 1. The number of halogens is 1. The molecule has 1 unspecified atom stereocenters. The van der Waals surface area contributed by atoms with Crippen LogP contribution < -0.4 is 5.32 Å². The molecular weight excluding hydrogens is 243 g/mol. The number of anilines is 1. The molecule has 19 heavy (non-hydrogen) atoms. The van der Waals surface area contributed by atoms with Gasteiger partial charge in [-0.1, -0.05) is 19.1 Å². The van der Waals surface area contributed by atoms with Crippen LogP contribution in [0.25, 0.3) is 0 Å². The van der Waals surface area contributed by atoms with Crippen molar-refractivity contribution in [3.05, 3.63) is 48.0 Å². The van der Waals surface area contributed by atoms with Gasteiger partial charge in [-0.25, -0.2) is 4.39 Å². The van der Waals surface area contributed by atoms with Crippen molar-refractivity contribution in [2.45, 2.75) is 25.9 Å². The van der Waals surface area contributed by atoms with Crippen molar-refractivity contribution in [1.82, 2.24) is 9.78 Å². The number of hydrogen-bond donors (Lipinski definition) is 1. The molecule has 2 aromatic rings. The summed E-state index contributed by atoms with van der Waals surface area (Å²) in [4.78, 5) is 0. The summed E-state index contributed by atoms with van der Waals surface area (Å²) in [5.74, 6) is -0.372. The first-order chi connectivity index (χ1) is 9.24. The maximum atomic E-state index is 13.5. The van der Waals surface area contributed by atoms with Gasteiger partial charge >= 0.3 is 0 Å². The Labute approximate surface area is 111 Å². The maximum absolute atomic E-state index is 13.5. The van der Waals surface area contributed by atoms with Gasteiger partial charge in [0.15, 0.2) is 0 Å². The third-order valence-electron chi connectivity index (χ3n) is 2.74. The summed E-state index contributed by atoms with van der Waals surface area (Å²) in [6, 6.07) is 7.81. The molecule has 0 fully saturated rings. The second-order valence-corrected chi connectivity index (χ2v) is 4.22. The fourth-order valence-electron chi connectivity index (χ4n) is 1.80. The van der Waals surface area contributed by atoms with Crippen LogP contribution in [0, 0.1) is 17.1 Å². The Balaban J connectivity index is 2.16. The van der Waals surface area contributed by atoms with Crippen molar-refractivity contribution in [2.24, 2.45) is 0 Å². The lowest BCUT2D eigenvalue weighted by Gasteiger charge is -2.11. The molecule has 0 bridgehead atoms. The second-order valence-electron chi connectivity index (χ2n) is 4.22.